The van der Waals surface area contributed by atoms with Crippen LogP contribution < -0.4 is 5.19 Å². The number of hydrogen-bond acceptors (Lipinski definition) is 4. The van der Waals surface area contributed by atoms with Crippen LogP contribution in [0.1, 0.15) is 53.4 Å². The van der Waals surface area contributed by atoms with E-state index in [0.717, 1.165) is 10.8 Å². The number of hydrogen-bond donors (Lipinski definition) is 0. The van der Waals surface area contributed by atoms with Gasteiger partial charge in [-0.3, -0.25) is 0 Å². The van der Waals surface area contributed by atoms with E-state index in [1.807, 2.05) is 65.8 Å². The van der Waals surface area contributed by atoms with Gasteiger partial charge >= 0.3 is 0 Å². The first-order valence-electron chi connectivity index (χ1n) is 6.58. The molecule has 3 radical (unpaired) electrons. The molecule has 0 N–H and O–H groups in total. The van der Waals surface area contributed by atoms with Crippen LogP contribution in [-0.4, -0.2) is 21.4 Å². The van der Waals surface area contributed by atoms with Crippen LogP contribution in [0.5, 0.6) is 0 Å². The summed E-state index contributed by atoms with van der Waals surface area (Å²) in [5.74, 6) is 0. The van der Waals surface area contributed by atoms with Crippen LogP contribution in [0.25, 0.3) is 0 Å². The third-order valence-electron chi connectivity index (χ3n) is 1.99. The summed E-state index contributed by atoms with van der Waals surface area (Å²) in [6, 6.07) is 7.59. The highest BCUT2D eigenvalue weighted by atomic mass is 28.1. The minimum atomic E-state index is -0.776. The van der Waals surface area contributed by atoms with Crippen LogP contribution in [0, 0.1) is 0 Å². The monoisotopic (exact) mass is 295 g/mol. The highest BCUT2D eigenvalue weighted by molar-refractivity contribution is 6.33. The van der Waals surface area contributed by atoms with Gasteiger partial charge in [0.05, 0.1) is 21.4 Å². The molecule has 0 saturated carbocycles. The summed E-state index contributed by atoms with van der Waals surface area (Å²) in [6.07, 6.45) is -0.776. The van der Waals surface area contributed by atoms with Crippen LogP contribution in [0.4, 0.5) is 0 Å². The molecule has 0 bridgehead atoms. The van der Waals surface area contributed by atoms with Gasteiger partial charge in [0.2, 0.25) is 6.29 Å². The first-order chi connectivity index (χ1) is 9.08. The van der Waals surface area contributed by atoms with E-state index in [0.29, 0.717) is 0 Å². The van der Waals surface area contributed by atoms with E-state index in [-0.39, 0.29) is 0 Å². The van der Waals surface area contributed by atoms with E-state index < -0.39 is 17.5 Å². The Hall–Kier alpha value is -0.723. The predicted octanol–water partition coefficient (Wildman–Crippen LogP) is 2.97. The van der Waals surface area contributed by atoms with Gasteiger partial charge < -0.3 is 0 Å². The molecule has 4 nitrogen and oxygen atoms in total. The second kappa shape index (κ2) is 6.82. The molecule has 0 unspecified atom stereocenters. The van der Waals surface area contributed by atoms with E-state index in [4.69, 9.17) is 19.6 Å². The normalized spacial score (nSPS) is 13.0. The first kappa shape index (κ1) is 17.3. The lowest BCUT2D eigenvalue weighted by Crippen LogP contribution is -2.28. The van der Waals surface area contributed by atoms with Crippen molar-refractivity contribution < 1.29 is 19.6 Å². The lowest BCUT2D eigenvalue weighted by Gasteiger charge is -2.26. The standard InChI is InChI=1S/C15H23O4Si/c1-14(2,3)18-16-13(17-19-15(4,5)6)11-9-7-8-10-12(11)20/h7-10,13H,1-6H3. The van der Waals surface area contributed by atoms with Crippen LogP contribution in [0.3, 0.4) is 0 Å². The molecule has 0 aliphatic carbocycles. The van der Waals surface area contributed by atoms with Crippen molar-refractivity contribution in [2.45, 2.75) is 59.0 Å². The van der Waals surface area contributed by atoms with Crippen molar-refractivity contribution in [3.63, 3.8) is 0 Å². The predicted molar refractivity (Wildman–Crippen MR) is 78.4 cm³/mol. The maximum atomic E-state index is 5.39. The molecule has 0 saturated heterocycles. The molecule has 1 aromatic rings. The molecule has 0 aliphatic heterocycles. The Balaban J connectivity index is 2.82. The summed E-state index contributed by atoms with van der Waals surface area (Å²) in [5.41, 5.74) is -0.0914. The molecule has 0 aliphatic rings. The topological polar surface area (TPSA) is 36.9 Å². The van der Waals surface area contributed by atoms with Gasteiger partial charge in [-0.25, -0.2) is 9.78 Å². The van der Waals surface area contributed by atoms with E-state index in [1.54, 1.807) is 0 Å². The second-order valence-electron chi connectivity index (χ2n) is 6.50. The quantitative estimate of drug-likeness (QED) is 0.362. The van der Waals surface area contributed by atoms with Gasteiger partial charge in [0.15, 0.2) is 0 Å². The van der Waals surface area contributed by atoms with Gasteiger partial charge in [-0.05, 0) is 41.5 Å². The van der Waals surface area contributed by atoms with E-state index >= 15 is 0 Å². The Morgan fingerprint density at radius 2 is 1.30 bits per heavy atom. The fourth-order valence-corrected chi connectivity index (χ4v) is 1.50. The van der Waals surface area contributed by atoms with Crippen molar-refractivity contribution >= 4 is 15.4 Å². The average molecular weight is 295 g/mol. The zero-order chi connectivity index (χ0) is 15.4. The molecule has 1 rings (SSSR count). The largest absolute Gasteiger partial charge is 0.249 e. The molecular formula is C15H23O4Si. The summed E-state index contributed by atoms with van der Waals surface area (Å²) in [6.45, 7) is 11.4. The molecule has 5 heteroatoms. The summed E-state index contributed by atoms with van der Waals surface area (Å²) in [7, 11) is 3.52. The SMILES string of the molecule is CC(C)(C)OOC(OOC(C)(C)C)c1ccccc1[Si]. The molecule has 0 heterocycles. The smallest absolute Gasteiger partial charge is 0.228 e. The molecule has 20 heavy (non-hydrogen) atoms. The van der Waals surface area contributed by atoms with Crippen LogP contribution in [0.2, 0.25) is 0 Å². The molecule has 1 aromatic carbocycles. The zero-order valence-corrected chi connectivity index (χ0v) is 14.0. The van der Waals surface area contributed by atoms with Crippen molar-refractivity contribution in [1.29, 1.82) is 0 Å². The van der Waals surface area contributed by atoms with Gasteiger partial charge in [-0.2, -0.15) is 9.78 Å². The van der Waals surface area contributed by atoms with Crippen molar-refractivity contribution in [2.75, 3.05) is 0 Å². The third-order valence-corrected chi connectivity index (χ3v) is 2.44. The minimum absolute atomic E-state index is 0.440. The maximum Gasteiger partial charge on any atom is 0.249 e. The molecule has 0 atom stereocenters. The summed E-state index contributed by atoms with van der Waals surface area (Å²) in [5, 5.41) is 0.854. The molecule has 0 aromatic heterocycles. The Bertz CT molecular complexity index is 403. The molecule has 0 fully saturated rings. The van der Waals surface area contributed by atoms with Gasteiger partial charge in [0, 0.05) is 5.56 Å². The molecular weight excluding hydrogens is 272 g/mol. The fraction of sp³-hybridized carbons (Fsp3) is 0.600. The van der Waals surface area contributed by atoms with Crippen molar-refractivity contribution in [2.24, 2.45) is 0 Å². The minimum Gasteiger partial charge on any atom is -0.228 e. The molecule has 0 spiro atoms. The number of benzene rings is 1. The number of rotatable bonds is 5. The molecule has 0 amide bonds. The van der Waals surface area contributed by atoms with Crippen molar-refractivity contribution in [3.05, 3.63) is 29.8 Å². The highest BCUT2D eigenvalue weighted by Crippen LogP contribution is 2.23. The lowest BCUT2D eigenvalue weighted by atomic mass is 10.2. The Morgan fingerprint density at radius 1 is 0.850 bits per heavy atom. The highest BCUT2D eigenvalue weighted by Gasteiger charge is 2.24. The Morgan fingerprint density at radius 3 is 1.70 bits per heavy atom. The van der Waals surface area contributed by atoms with E-state index in [2.05, 4.69) is 10.2 Å². The van der Waals surface area contributed by atoms with Crippen LogP contribution in [-0.2, 0) is 19.6 Å². The van der Waals surface area contributed by atoms with Crippen LogP contribution in [0.15, 0.2) is 24.3 Å². The van der Waals surface area contributed by atoms with Gasteiger partial charge in [0.1, 0.15) is 0 Å². The lowest BCUT2D eigenvalue weighted by molar-refractivity contribution is -0.502. The average Bonchev–Trinajstić information content (AvgIpc) is 2.28. The summed E-state index contributed by atoms with van der Waals surface area (Å²) < 4.78 is 0. The van der Waals surface area contributed by atoms with Crippen molar-refractivity contribution in [3.8, 4) is 0 Å². The van der Waals surface area contributed by atoms with Gasteiger partial charge in [-0.1, -0.05) is 29.5 Å². The second-order valence-corrected chi connectivity index (χ2v) is 7.04. The summed E-state index contributed by atoms with van der Waals surface area (Å²) in [4.78, 5) is 21.5. The van der Waals surface area contributed by atoms with Gasteiger partial charge in [0.25, 0.3) is 0 Å². The first-order valence-corrected chi connectivity index (χ1v) is 7.08. The summed E-state index contributed by atoms with van der Waals surface area (Å²) >= 11 is 0. The van der Waals surface area contributed by atoms with Crippen LogP contribution >= 0.6 is 0 Å². The Kier molecular flexibility index (Phi) is 5.91. The van der Waals surface area contributed by atoms with Crippen molar-refractivity contribution in [1.82, 2.24) is 0 Å². The molecule has 111 valence electrons. The van der Waals surface area contributed by atoms with E-state index in [1.165, 1.54) is 0 Å². The Labute approximate surface area is 124 Å². The third kappa shape index (κ3) is 6.63. The van der Waals surface area contributed by atoms with E-state index in [9.17, 15) is 0 Å². The fourth-order valence-electron chi connectivity index (χ4n) is 1.20. The van der Waals surface area contributed by atoms with Gasteiger partial charge in [-0.15, -0.1) is 0 Å². The zero-order valence-electron chi connectivity index (χ0n) is 13.0. The maximum absolute atomic E-state index is 5.39.